The van der Waals surface area contributed by atoms with Gasteiger partial charge in [-0.15, -0.1) is 0 Å². The quantitative estimate of drug-likeness (QED) is 0.528. The Hall–Kier alpha value is -3.82. The zero-order valence-corrected chi connectivity index (χ0v) is 17.2. The number of alkyl halides is 3. The number of para-hydroxylation sites is 2. The molecule has 0 aliphatic carbocycles. The number of carbonyl (C=O) groups is 2. The van der Waals surface area contributed by atoms with E-state index in [1.165, 1.54) is 18.2 Å². The second-order valence-electron chi connectivity index (χ2n) is 6.76. The normalized spacial score (nSPS) is 11.2. The summed E-state index contributed by atoms with van der Waals surface area (Å²) in [5, 5.41) is 5.94. The van der Waals surface area contributed by atoms with Gasteiger partial charge in [0.1, 0.15) is 23.7 Å². The number of amides is 1. The van der Waals surface area contributed by atoms with Crippen molar-refractivity contribution in [2.24, 2.45) is 0 Å². The van der Waals surface area contributed by atoms with Gasteiger partial charge in [-0.2, -0.15) is 13.2 Å². The third kappa shape index (κ3) is 5.45. The highest BCUT2D eigenvalue weighted by atomic mass is 19.4. The van der Waals surface area contributed by atoms with Crippen LogP contribution in [-0.2, 0) is 22.3 Å². The van der Waals surface area contributed by atoms with Gasteiger partial charge in [-0.25, -0.2) is 4.79 Å². The Morgan fingerprint density at radius 1 is 1.06 bits per heavy atom. The molecule has 32 heavy (non-hydrogen) atoms. The molecule has 0 atom stereocenters. The molecule has 3 aromatic rings. The predicted octanol–water partition coefficient (Wildman–Crippen LogP) is 4.68. The number of nitrogens with one attached hydrogen (secondary N) is 1. The molecule has 0 saturated carbocycles. The van der Waals surface area contributed by atoms with Gasteiger partial charge < -0.3 is 19.3 Å². The smallest absolute Gasteiger partial charge is 0.418 e. The SMILES string of the molecule is Cc1noc(C)c1COc1ccccc1C(=O)OCC(=O)Nc1ccccc1C(F)(F)F. The maximum absolute atomic E-state index is 13.0. The minimum absolute atomic E-state index is 0.0581. The Kier molecular flexibility index (Phi) is 6.82. The first-order chi connectivity index (χ1) is 15.2. The van der Waals surface area contributed by atoms with Crippen LogP contribution < -0.4 is 10.1 Å². The van der Waals surface area contributed by atoms with Crippen molar-refractivity contribution in [2.75, 3.05) is 11.9 Å². The summed E-state index contributed by atoms with van der Waals surface area (Å²) in [6, 6.07) is 10.7. The first kappa shape index (κ1) is 22.9. The first-order valence-electron chi connectivity index (χ1n) is 9.43. The number of anilines is 1. The van der Waals surface area contributed by atoms with Crippen LogP contribution in [0.4, 0.5) is 18.9 Å². The van der Waals surface area contributed by atoms with Gasteiger partial charge in [-0.1, -0.05) is 29.4 Å². The van der Waals surface area contributed by atoms with Gasteiger partial charge in [0.25, 0.3) is 5.91 Å². The summed E-state index contributed by atoms with van der Waals surface area (Å²) in [4.78, 5) is 24.5. The molecule has 0 spiro atoms. The van der Waals surface area contributed by atoms with Crippen LogP contribution >= 0.6 is 0 Å². The zero-order valence-electron chi connectivity index (χ0n) is 17.2. The van der Waals surface area contributed by atoms with Gasteiger partial charge in [0, 0.05) is 0 Å². The van der Waals surface area contributed by atoms with E-state index < -0.39 is 35.9 Å². The lowest BCUT2D eigenvalue weighted by atomic mass is 10.1. The van der Waals surface area contributed by atoms with Gasteiger partial charge in [0.05, 0.1) is 22.5 Å². The van der Waals surface area contributed by atoms with Crippen molar-refractivity contribution in [1.82, 2.24) is 5.16 Å². The van der Waals surface area contributed by atoms with Crippen molar-refractivity contribution in [3.8, 4) is 5.75 Å². The number of aromatic nitrogens is 1. The van der Waals surface area contributed by atoms with Crippen molar-refractivity contribution in [3.63, 3.8) is 0 Å². The molecular formula is C22H19F3N2O5. The highest BCUT2D eigenvalue weighted by Crippen LogP contribution is 2.34. The second kappa shape index (κ2) is 9.54. The average Bonchev–Trinajstić information content (AvgIpc) is 3.07. The van der Waals surface area contributed by atoms with E-state index in [4.69, 9.17) is 14.0 Å². The number of benzene rings is 2. The molecular weight excluding hydrogens is 429 g/mol. The topological polar surface area (TPSA) is 90.7 Å². The average molecular weight is 448 g/mol. The fraction of sp³-hybridized carbons (Fsp3) is 0.227. The number of carbonyl (C=O) groups excluding carboxylic acids is 2. The third-order valence-corrected chi connectivity index (χ3v) is 4.50. The van der Waals surface area contributed by atoms with E-state index in [9.17, 15) is 22.8 Å². The molecule has 10 heteroatoms. The Morgan fingerprint density at radius 3 is 2.44 bits per heavy atom. The molecule has 1 amide bonds. The molecule has 0 fully saturated rings. The number of nitrogens with zero attached hydrogens (tertiary/aromatic N) is 1. The monoisotopic (exact) mass is 448 g/mol. The molecule has 2 aromatic carbocycles. The van der Waals surface area contributed by atoms with Gasteiger partial charge in [-0.05, 0) is 38.1 Å². The number of hydrogen-bond donors (Lipinski definition) is 1. The highest BCUT2D eigenvalue weighted by Gasteiger charge is 2.33. The van der Waals surface area contributed by atoms with E-state index in [1.54, 1.807) is 32.0 Å². The van der Waals surface area contributed by atoms with Gasteiger partial charge in [-0.3, -0.25) is 4.79 Å². The molecule has 1 N–H and O–H groups in total. The molecule has 1 aromatic heterocycles. The van der Waals surface area contributed by atoms with Crippen LogP contribution in [0.25, 0.3) is 0 Å². The number of rotatable bonds is 7. The lowest BCUT2D eigenvalue weighted by Gasteiger charge is -2.14. The minimum Gasteiger partial charge on any atom is -0.488 e. The van der Waals surface area contributed by atoms with Crippen molar-refractivity contribution in [2.45, 2.75) is 26.6 Å². The molecule has 1 heterocycles. The highest BCUT2D eigenvalue weighted by molar-refractivity contribution is 5.97. The fourth-order valence-electron chi connectivity index (χ4n) is 2.85. The number of ether oxygens (including phenoxy) is 2. The van der Waals surface area contributed by atoms with Crippen molar-refractivity contribution < 1.29 is 36.8 Å². The van der Waals surface area contributed by atoms with Crippen molar-refractivity contribution >= 4 is 17.6 Å². The summed E-state index contributed by atoms with van der Waals surface area (Å²) in [7, 11) is 0. The van der Waals surface area contributed by atoms with Crippen LogP contribution in [0.15, 0.2) is 53.1 Å². The van der Waals surface area contributed by atoms with Gasteiger partial charge in [0.2, 0.25) is 0 Å². The lowest BCUT2D eigenvalue weighted by molar-refractivity contribution is -0.137. The molecule has 0 unspecified atom stereocenters. The van der Waals surface area contributed by atoms with E-state index in [0.29, 0.717) is 11.5 Å². The molecule has 7 nitrogen and oxygen atoms in total. The summed E-state index contributed by atoms with van der Waals surface area (Å²) in [5.41, 5.74) is 0.0129. The largest absolute Gasteiger partial charge is 0.488 e. The van der Waals surface area contributed by atoms with E-state index in [-0.39, 0.29) is 17.9 Å². The third-order valence-electron chi connectivity index (χ3n) is 4.50. The van der Waals surface area contributed by atoms with E-state index in [0.717, 1.165) is 17.7 Å². The van der Waals surface area contributed by atoms with Crippen LogP contribution in [0.1, 0.15) is 32.9 Å². The maximum atomic E-state index is 13.0. The Bertz CT molecular complexity index is 1110. The van der Waals surface area contributed by atoms with Crippen LogP contribution in [0.2, 0.25) is 0 Å². The molecule has 0 bridgehead atoms. The first-order valence-corrected chi connectivity index (χ1v) is 9.43. The standard InChI is InChI=1S/C22H19F3N2O5/c1-13-16(14(2)32-27-13)11-30-19-10-6-3-7-15(19)21(29)31-12-20(28)26-18-9-5-4-8-17(18)22(23,24)25/h3-10H,11-12H2,1-2H3,(H,26,28). The molecule has 0 radical (unpaired) electrons. The summed E-state index contributed by atoms with van der Waals surface area (Å²) in [5.74, 6) is -0.985. The Morgan fingerprint density at radius 2 is 1.75 bits per heavy atom. The number of aryl methyl sites for hydroxylation is 2. The molecule has 3 rings (SSSR count). The van der Waals surface area contributed by atoms with Gasteiger partial charge >= 0.3 is 12.1 Å². The Labute approximate surface area is 181 Å². The van der Waals surface area contributed by atoms with Crippen LogP contribution in [0.5, 0.6) is 5.75 Å². The van der Waals surface area contributed by atoms with E-state index in [2.05, 4.69) is 10.5 Å². The maximum Gasteiger partial charge on any atom is 0.418 e. The Balaban J connectivity index is 1.63. The van der Waals surface area contributed by atoms with Crippen molar-refractivity contribution in [3.05, 3.63) is 76.7 Å². The minimum atomic E-state index is -4.64. The second-order valence-corrected chi connectivity index (χ2v) is 6.76. The molecule has 168 valence electrons. The van der Waals surface area contributed by atoms with Crippen molar-refractivity contribution in [1.29, 1.82) is 0 Å². The number of halogens is 3. The van der Waals surface area contributed by atoms with Crippen LogP contribution in [-0.4, -0.2) is 23.6 Å². The fourth-order valence-corrected chi connectivity index (χ4v) is 2.85. The summed E-state index contributed by atoms with van der Waals surface area (Å²) >= 11 is 0. The summed E-state index contributed by atoms with van der Waals surface area (Å²) in [6.45, 7) is 2.81. The lowest BCUT2D eigenvalue weighted by Crippen LogP contribution is -2.23. The summed E-state index contributed by atoms with van der Waals surface area (Å²) < 4.78 is 54.9. The van der Waals surface area contributed by atoms with E-state index in [1.807, 2.05) is 0 Å². The number of esters is 1. The molecule has 0 aliphatic heterocycles. The van der Waals surface area contributed by atoms with Crippen LogP contribution in [0, 0.1) is 13.8 Å². The van der Waals surface area contributed by atoms with E-state index >= 15 is 0 Å². The number of hydrogen-bond acceptors (Lipinski definition) is 6. The summed E-state index contributed by atoms with van der Waals surface area (Å²) in [6.07, 6.45) is -4.64. The van der Waals surface area contributed by atoms with Crippen LogP contribution in [0.3, 0.4) is 0 Å². The molecule has 0 aliphatic rings. The zero-order chi connectivity index (χ0) is 23.3. The molecule has 0 saturated heterocycles. The predicted molar refractivity (Wildman–Crippen MR) is 107 cm³/mol. The van der Waals surface area contributed by atoms with Gasteiger partial charge in [0.15, 0.2) is 6.61 Å².